The van der Waals surface area contributed by atoms with Crippen LogP contribution in [0.3, 0.4) is 0 Å². The Kier molecular flexibility index (Phi) is 6.50. The van der Waals surface area contributed by atoms with Crippen molar-refractivity contribution in [3.8, 4) is 0 Å². The molecule has 68 valence electrons. The van der Waals surface area contributed by atoms with Crippen LogP contribution in [0.5, 0.6) is 0 Å². The third-order valence-corrected chi connectivity index (χ3v) is 2.77. The highest BCUT2D eigenvalue weighted by molar-refractivity contribution is 7.91. The Morgan fingerprint density at radius 3 is 2.18 bits per heavy atom. The summed E-state index contributed by atoms with van der Waals surface area (Å²) in [6.45, 7) is 1.50. The summed E-state index contributed by atoms with van der Waals surface area (Å²) in [6.07, 6.45) is -0.295. The summed E-state index contributed by atoms with van der Waals surface area (Å²) in [6, 6.07) is 0. The van der Waals surface area contributed by atoms with Gasteiger partial charge < -0.3 is 5.11 Å². The first-order valence-corrected chi connectivity index (χ1v) is 4.72. The van der Waals surface area contributed by atoms with E-state index in [1.54, 1.807) is 0 Å². The topological polar surface area (TPSA) is 71.4 Å². The molecule has 1 N–H and O–H groups in total. The van der Waals surface area contributed by atoms with Gasteiger partial charge in [0.2, 0.25) is 0 Å². The highest BCUT2D eigenvalue weighted by atomic mass is 35.5. The SMILES string of the molecule is CCS(=O)(=O)CCC(=O)O.Cl. The Hall–Kier alpha value is -0.290. The van der Waals surface area contributed by atoms with Crippen LogP contribution in [-0.4, -0.2) is 31.0 Å². The molecule has 0 unspecified atom stereocenters. The Morgan fingerprint density at radius 2 is 1.91 bits per heavy atom. The van der Waals surface area contributed by atoms with Gasteiger partial charge in [-0.05, 0) is 0 Å². The van der Waals surface area contributed by atoms with Crippen molar-refractivity contribution < 1.29 is 18.3 Å². The number of rotatable bonds is 4. The van der Waals surface area contributed by atoms with Crippen LogP contribution in [0.1, 0.15) is 13.3 Å². The quantitative estimate of drug-likeness (QED) is 0.713. The predicted molar refractivity (Wildman–Crippen MR) is 43.8 cm³/mol. The molecule has 0 radical (unpaired) electrons. The fourth-order valence-corrected chi connectivity index (χ4v) is 1.16. The van der Waals surface area contributed by atoms with Crippen molar-refractivity contribution in [2.45, 2.75) is 13.3 Å². The second-order valence-electron chi connectivity index (χ2n) is 1.88. The largest absolute Gasteiger partial charge is 0.481 e. The van der Waals surface area contributed by atoms with Crippen LogP contribution < -0.4 is 0 Å². The molecule has 0 rings (SSSR count). The van der Waals surface area contributed by atoms with Crippen molar-refractivity contribution >= 4 is 28.2 Å². The van der Waals surface area contributed by atoms with Gasteiger partial charge in [0.15, 0.2) is 9.84 Å². The van der Waals surface area contributed by atoms with E-state index in [-0.39, 0.29) is 30.3 Å². The molecule has 11 heavy (non-hydrogen) atoms. The number of halogens is 1. The average Bonchev–Trinajstić information content (AvgIpc) is 1.85. The zero-order valence-corrected chi connectivity index (χ0v) is 7.74. The fraction of sp³-hybridized carbons (Fsp3) is 0.800. The molecular weight excluding hydrogens is 192 g/mol. The lowest BCUT2D eigenvalue weighted by atomic mass is 10.5. The van der Waals surface area contributed by atoms with E-state index in [0.717, 1.165) is 0 Å². The van der Waals surface area contributed by atoms with Gasteiger partial charge in [-0.2, -0.15) is 0 Å². The first-order chi connectivity index (χ1) is 4.48. The molecule has 0 atom stereocenters. The summed E-state index contributed by atoms with van der Waals surface area (Å²) in [5, 5.41) is 8.11. The number of aliphatic carboxylic acids is 1. The molecule has 0 saturated heterocycles. The Labute approximate surface area is 71.9 Å². The lowest BCUT2D eigenvalue weighted by molar-refractivity contribution is -0.136. The van der Waals surface area contributed by atoms with E-state index >= 15 is 0 Å². The summed E-state index contributed by atoms with van der Waals surface area (Å²) in [4.78, 5) is 9.90. The minimum Gasteiger partial charge on any atom is -0.481 e. The van der Waals surface area contributed by atoms with Gasteiger partial charge >= 0.3 is 5.97 Å². The smallest absolute Gasteiger partial charge is 0.304 e. The standard InChI is InChI=1S/C5H10O4S.ClH/c1-2-10(8,9)4-3-5(6)7;/h2-4H2,1H3,(H,6,7);1H. The minimum atomic E-state index is -3.10. The monoisotopic (exact) mass is 202 g/mol. The van der Waals surface area contributed by atoms with Crippen LogP contribution in [-0.2, 0) is 14.6 Å². The van der Waals surface area contributed by atoms with Gasteiger partial charge in [-0.25, -0.2) is 8.42 Å². The number of carboxylic acids is 1. The molecular formula is C5H11ClO4S. The molecule has 0 spiro atoms. The van der Waals surface area contributed by atoms with Gasteiger partial charge in [0.25, 0.3) is 0 Å². The molecule has 0 aliphatic rings. The Balaban J connectivity index is 0. The van der Waals surface area contributed by atoms with Gasteiger partial charge in [-0.3, -0.25) is 4.79 Å². The van der Waals surface area contributed by atoms with Crippen molar-refractivity contribution in [1.29, 1.82) is 0 Å². The third kappa shape index (κ3) is 7.61. The third-order valence-electron chi connectivity index (χ3n) is 1.07. The zero-order chi connectivity index (χ0) is 8.20. The second kappa shape index (κ2) is 5.37. The summed E-state index contributed by atoms with van der Waals surface area (Å²) >= 11 is 0. The summed E-state index contributed by atoms with van der Waals surface area (Å²) in [7, 11) is -3.10. The molecule has 0 aliphatic carbocycles. The lowest BCUT2D eigenvalue weighted by Gasteiger charge is -1.95. The molecule has 0 aliphatic heterocycles. The van der Waals surface area contributed by atoms with Crippen LogP contribution in [0.15, 0.2) is 0 Å². The molecule has 0 aromatic carbocycles. The van der Waals surface area contributed by atoms with Crippen molar-refractivity contribution in [3.63, 3.8) is 0 Å². The van der Waals surface area contributed by atoms with Crippen molar-refractivity contribution in [2.24, 2.45) is 0 Å². The zero-order valence-electron chi connectivity index (χ0n) is 6.11. The van der Waals surface area contributed by atoms with Crippen LogP contribution in [0.2, 0.25) is 0 Å². The first kappa shape index (κ1) is 13.3. The summed E-state index contributed by atoms with van der Waals surface area (Å²) in [5.41, 5.74) is 0. The van der Waals surface area contributed by atoms with E-state index in [0.29, 0.717) is 0 Å². The van der Waals surface area contributed by atoms with Gasteiger partial charge in [0.05, 0.1) is 12.2 Å². The van der Waals surface area contributed by atoms with Gasteiger partial charge in [-0.15, -0.1) is 12.4 Å². The normalized spacial score (nSPS) is 10.3. The second-order valence-corrected chi connectivity index (χ2v) is 4.35. The van der Waals surface area contributed by atoms with Crippen LogP contribution in [0.25, 0.3) is 0 Å². The van der Waals surface area contributed by atoms with Gasteiger partial charge in [0, 0.05) is 5.75 Å². The molecule has 0 bridgehead atoms. The number of hydrogen-bond acceptors (Lipinski definition) is 3. The van der Waals surface area contributed by atoms with E-state index in [1.807, 2.05) is 0 Å². The summed E-state index contributed by atoms with van der Waals surface area (Å²) < 4.78 is 21.3. The molecule has 0 saturated carbocycles. The fourth-order valence-electron chi connectivity index (χ4n) is 0.387. The maximum Gasteiger partial charge on any atom is 0.304 e. The maximum atomic E-state index is 10.6. The molecule has 4 nitrogen and oxygen atoms in total. The average molecular weight is 203 g/mol. The van der Waals surface area contributed by atoms with E-state index in [9.17, 15) is 13.2 Å². The van der Waals surface area contributed by atoms with Crippen LogP contribution in [0.4, 0.5) is 0 Å². The van der Waals surface area contributed by atoms with E-state index in [2.05, 4.69) is 0 Å². The van der Waals surface area contributed by atoms with E-state index < -0.39 is 15.8 Å². The van der Waals surface area contributed by atoms with Gasteiger partial charge in [-0.1, -0.05) is 6.92 Å². The molecule has 6 heteroatoms. The van der Waals surface area contributed by atoms with Crippen LogP contribution >= 0.6 is 12.4 Å². The number of carboxylic acid groups (broad SMARTS) is 1. The van der Waals surface area contributed by atoms with Crippen LogP contribution in [0, 0.1) is 0 Å². The highest BCUT2D eigenvalue weighted by Gasteiger charge is 2.09. The highest BCUT2D eigenvalue weighted by Crippen LogP contribution is 1.92. The summed E-state index contributed by atoms with van der Waals surface area (Å²) in [5.74, 6) is -1.31. The number of hydrogen-bond donors (Lipinski definition) is 1. The van der Waals surface area contributed by atoms with Crippen molar-refractivity contribution in [2.75, 3.05) is 11.5 Å². The minimum absolute atomic E-state index is 0. The number of carbonyl (C=O) groups is 1. The molecule has 0 heterocycles. The molecule has 0 fully saturated rings. The number of sulfone groups is 1. The Bertz CT molecular complexity index is 209. The Morgan fingerprint density at radius 1 is 1.45 bits per heavy atom. The predicted octanol–water partition coefficient (Wildman–Crippen LogP) is 0.318. The van der Waals surface area contributed by atoms with Gasteiger partial charge in [0.1, 0.15) is 0 Å². The first-order valence-electron chi connectivity index (χ1n) is 2.90. The lowest BCUT2D eigenvalue weighted by Crippen LogP contribution is -2.12. The van der Waals surface area contributed by atoms with Crippen molar-refractivity contribution in [3.05, 3.63) is 0 Å². The van der Waals surface area contributed by atoms with E-state index in [1.165, 1.54) is 6.92 Å². The molecule has 0 aromatic heterocycles. The van der Waals surface area contributed by atoms with Crippen molar-refractivity contribution in [1.82, 2.24) is 0 Å². The molecule has 0 aromatic rings. The maximum absolute atomic E-state index is 10.6. The molecule has 0 amide bonds. The van der Waals surface area contributed by atoms with E-state index in [4.69, 9.17) is 5.11 Å².